The van der Waals surface area contributed by atoms with Crippen LogP contribution in [-0.4, -0.2) is 36.1 Å². The molecule has 0 bridgehead atoms. The van der Waals surface area contributed by atoms with Gasteiger partial charge in [0.25, 0.3) is 0 Å². The van der Waals surface area contributed by atoms with Gasteiger partial charge in [0, 0.05) is 38.4 Å². The number of benzene rings is 1. The molecule has 0 N–H and O–H groups in total. The molecule has 1 aromatic carbocycles. The van der Waals surface area contributed by atoms with Crippen LogP contribution in [0.4, 0.5) is 0 Å². The Morgan fingerprint density at radius 2 is 1.74 bits per heavy atom. The number of carbonyl (C=O) groups is 1. The molecular weight excluding hydrogens is 292 g/mol. The number of hydrogen-bond acceptors (Lipinski definition) is 3. The van der Waals surface area contributed by atoms with Crippen molar-refractivity contribution in [2.75, 3.05) is 20.8 Å². The maximum absolute atomic E-state index is 12.4. The summed E-state index contributed by atoms with van der Waals surface area (Å²) < 4.78 is 12.7. The van der Waals surface area contributed by atoms with Gasteiger partial charge in [0.1, 0.15) is 0 Å². The van der Waals surface area contributed by atoms with Crippen LogP contribution in [0.2, 0.25) is 0 Å². The third-order valence-corrected chi connectivity index (χ3v) is 4.32. The van der Waals surface area contributed by atoms with Crippen LogP contribution in [0.15, 0.2) is 36.7 Å². The Morgan fingerprint density at radius 3 is 2.39 bits per heavy atom. The summed E-state index contributed by atoms with van der Waals surface area (Å²) in [5.41, 5.74) is 2.38. The standard InChI is InChI=1S/C18H22N2O3/c1-22-16-11-14-5-10-20(13-15(14)12-17(16)23-2)18(21)6-9-19-7-3-4-8-19/h3-4,7-8,11-12H,5-6,9-10,13H2,1-2H3. The average molecular weight is 314 g/mol. The molecule has 1 aromatic heterocycles. The maximum Gasteiger partial charge on any atom is 0.224 e. The number of amides is 1. The van der Waals surface area contributed by atoms with Crippen LogP contribution < -0.4 is 9.47 Å². The van der Waals surface area contributed by atoms with Crippen LogP contribution in [0.25, 0.3) is 0 Å². The van der Waals surface area contributed by atoms with Gasteiger partial charge in [-0.2, -0.15) is 0 Å². The predicted octanol–water partition coefficient (Wildman–Crippen LogP) is 2.48. The first-order valence-electron chi connectivity index (χ1n) is 7.83. The second-order valence-corrected chi connectivity index (χ2v) is 5.71. The number of carbonyl (C=O) groups excluding carboxylic acids is 1. The Morgan fingerprint density at radius 1 is 1.09 bits per heavy atom. The van der Waals surface area contributed by atoms with Crippen molar-refractivity contribution in [1.29, 1.82) is 0 Å². The fourth-order valence-corrected chi connectivity index (χ4v) is 3.00. The Hall–Kier alpha value is -2.43. The number of aromatic nitrogens is 1. The Bertz CT molecular complexity index is 680. The van der Waals surface area contributed by atoms with Gasteiger partial charge in [-0.25, -0.2) is 0 Å². The lowest BCUT2D eigenvalue weighted by Crippen LogP contribution is -2.36. The van der Waals surface area contributed by atoms with E-state index in [4.69, 9.17) is 9.47 Å². The summed E-state index contributed by atoms with van der Waals surface area (Å²) in [5.74, 6) is 1.66. The summed E-state index contributed by atoms with van der Waals surface area (Å²) in [7, 11) is 3.28. The van der Waals surface area contributed by atoms with E-state index in [-0.39, 0.29) is 5.91 Å². The number of methoxy groups -OCH3 is 2. The number of nitrogens with zero attached hydrogens (tertiary/aromatic N) is 2. The van der Waals surface area contributed by atoms with E-state index in [9.17, 15) is 4.79 Å². The molecule has 5 heteroatoms. The van der Waals surface area contributed by atoms with Gasteiger partial charge in [0.2, 0.25) is 5.91 Å². The molecule has 0 atom stereocenters. The lowest BCUT2D eigenvalue weighted by atomic mass is 9.98. The zero-order valence-electron chi connectivity index (χ0n) is 13.6. The highest BCUT2D eigenvalue weighted by atomic mass is 16.5. The Balaban J connectivity index is 1.68. The van der Waals surface area contributed by atoms with Gasteiger partial charge >= 0.3 is 0 Å². The highest BCUT2D eigenvalue weighted by Gasteiger charge is 2.22. The minimum Gasteiger partial charge on any atom is -0.493 e. The van der Waals surface area contributed by atoms with Gasteiger partial charge < -0.3 is 18.9 Å². The topological polar surface area (TPSA) is 43.7 Å². The van der Waals surface area contributed by atoms with Crippen molar-refractivity contribution in [2.24, 2.45) is 0 Å². The second kappa shape index (κ2) is 6.77. The van der Waals surface area contributed by atoms with Crippen molar-refractivity contribution in [3.8, 4) is 11.5 Å². The lowest BCUT2D eigenvalue weighted by Gasteiger charge is -2.29. The fraction of sp³-hybridized carbons (Fsp3) is 0.389. The van der Waals surface area contributed by atoms with Crippen LogP contribution in [0, 0.1) is 0 Å². The first-order valence-corrected chi connectivity index (χ1v) is 7.83. The monoisotopic (exact) mass is 314 g/mol. The van der Waals surface area contributed by atoms with Gasteiger partial charge in [-0.3, -0.25) is 4.79 Å². The molecule has 122 valence electrons. The highest BCUT2D eigenvalue weighted by Crippen LogP contribution is 2.33. The van der Waals surface area contributed by atoms with E-state index in [1.54, 1.807) is 14.2 Å². The van der Waals surface area contributed by atoms with Crippen molar-refractivity contribution < 1.29 is 14.3 Å². The van der Waals surface area contributed by atoms with E-state index < -0.39 is 0 Å². The third-order valence-electron chi connectivity index (χ3n) is 4.32. The SMILES string of the molecule is COc1cc2c(cc1OC)CN(C(=O)CCn1cccc1)CC2. The molecule has 0 spiro atoms. The number of aryl methyl sites for hydroxylation is 1. The van der Waals surface area contributed by atoms with Crippen LogP contribution in [0.3, 0.4) is 0 Å². The molecule has 0 saturated heterocycles. The number of ether oxygens (including phenoxy) is 2. The minimum atomic E-state index is 0.194. The molecule has 0 saturated carbocycles. The van der Waals surface area contributed by atoms with E-state index in [0.29, 0.717) is 18.7 Å². The largest absolute Gasteiger partial charge is 0.493 e. The van der Waals surface area contributed by atoms with Crippen molar-refractivity contribution in [3.05, 3.63) is 47.8 Å². The van der Waals surface area contributed by atoms with Gasteiger partial charge in [-0.15, -0.1) is 0 Å². The second-order valence-electron chi connectivity index (χ2n) is 5.71. The first-order chi connectivity index (χ1) is 11.2. The quantitative estimate of drug-likeness (QED) is 0.851. The molecule has 23 heavy (non-hydrogen) atoms. The zero-order valence-corrected chi connectivity index (χ0v) is 13.6. The molecule has 0 aliphatic carbocycles. The Kier molecular flexibility index (Phi) is 4.55. The van der Waals surface area contributed by atoms with E-state index in [2.05, 4.69) is 0 Å². The van der Waals surface area contributed by atoms with E-state index in [1.165, 1.54) is 5.56 Å². The molecular formula is C18H22N2O3. The molecule has 2 heterocycles. The molecule has 2 aromatic rings. The normalized spacial score (nSPS) is 13.6. The summed E-state index contributed by atoms with van der Waals surface area (Å²) in [6, 6.07) is 7.96. The smallest absolute Gasteiger partial charge is 0.224 e. The minimum absolute atomic E-state index is 0.194. The summed E-state index contributed by atoms with van der Waals surface area (Å²) >= 11 is 0. The zero-order chi connectivity index (χ0) is 16.2. The summed E-state index contributed by atoms with van der Waals surface area (Å²) in [6.07, 6.45) is 5.34. The van der Waals surface area contributed by atoms with Crippen LogP contribution in [-0.2, 0) is 24.3 Å². The molecule has 1 aliphatic rings. The third kappa shape index (κ3) is 3.33. The van der Waals surface area contributed by atoms with Gasteiger partial charge in [0.05, 0.1) is 14.2 Å². The molecule has 1 amide bonds. The fourth-order valence-electron chi connectivity index (χ4n) is 3.00. The molecule has 1 aliphatic heterocycles. The van der Waals surface area contributed by atoms with Crippen LogP contribution in [0.5, 0.6) is 11.5 Å². The predicted molar refractivity (Wildman–Crippen MR) is 87.7 cm³/mol. The summed E-state index contributed by atoms with van der Waals surface area (Å²) in [6.45, 7) is 2.12. The number of rotatable bonds is 5. The first kappa shape index (κ1) is 15.5. The molecule has 0 unspecified atom stereocenters. The highest BCUT2D eigenvalue weighted by molar-refractivity contribution is 5.76. The average Bonchev–Trinajstić information content (AvgIpc) is 3.11. The molecule has 3 rings (SSSR count). The van der Waals surface area contributed by atoms with E-state index in [1.807, 2.05) is 46.1 Å². The van der Waals surface area contributed by atoms with Crippen molar-refractivity contribution in [2.45, 2.75) is 25.9 Å². The van der Waals surface area contributed by atoms with Crippen molar-refractivity contribution in [1.82, 2.24) is 9.47 Å². The van der Waals surface area contributed by atoms with E-state index in [0.717, 1.165) is 30.8 Å². The van der Waals surface area contributed by atoms with Crippen LogP contribution >= 0.6 is 0 Å². The molecule has 5 nitrogen and oxygen atoms in total. The number of hydrogen-bond donors (Lipinski definition) is 0. The number of fused-ring (bicyclic) bond motifs is 1. The van der Waals surface area contributed by atoms with Gasteiger partial charge in [-0.05, 0) is 41.8 Å². The maximum atomic E-state index is 12.4. The molecule has 0 radical (unpaired) electrons. The van der Waals surface area contributed by atoms with Crippen molar-refractivity contribution >= 4 is 5.91 Å². The summed E-state index contributed by atoms with van der Waals surface area (Å²) in [4.78, 5) is 14.4. The van der Waals surface area contributed by atoms with Crippen molar-refractivity contribution in [3.63, 3.8) is 0 Å². The van der Waals surface area contributed by atoms with E-state index >= 15 is 0 Å². The van der Waals surface area contributed by atoms with Gasteiger partial charge in [0.15, 0.2) is 11.5 Å². The van der Waals surface area contributed by atoms with Gasteiger partial charge in [-0.1, -0.05) is 0 Å². The Labute approximate surface area is 136 Å². The lowest BCUT2D eigenvalue weighted by molar-refractivity contribution is -0.132. The molecule has 0 fully saturated rings. The summed E-state index contributed by atoms with van der Waals surface area (Å²) in [5, 5.41) is 0. The van der Waals surface area contributed by atoms with Crippen LogP contribution in [0.1, 0.15) is 17.5 Å².